The highest BCUT2D eigenvalue weighted by Gasteiger charge is 2.31. The summed E-state index contributed by atoms with van der Waals surface area (Å²) in [5.74, 6) is 0.679. The first-order chi connectivity index (χ1) is 11.8. The van der Waals surface area contributed by atoms with Crippen molar-refractivity contribution >= 4 is 15.6 Å². The topological polar surface area (TPSA) is 112 Å². The first kappa shape index (κ1) is 16.8. The van der Waals surface area contributed by atoms with Crippen LogP contribution in [0, 0.1) is 0 Å². The number of benzene rings is 2. The van der Waals surface area contributed by atoms with Crippen LogP contribution >= 0.6 is 15.6 Å². The van der Waals surface area contributed by atoms with E-state index in [9.17, 15) is 18.9 Å². The number of rotatable bonds is 2. The maximum absolute atomic E-state index is 11.4. The van der Waals surface area contributed by atoms with Gasteiger partial charge in [0.25, 0.3) is 0 Å². The van der Waals surface area contributed by atoms with Crippen molar-refractivity contribution < 1.29 is 37.0 Å². The Hall–Kier alpha value is -1.66. The van der Waals surface area contributed by atoms with Crippen LogP contribution in [0.25, 0.3) is 0 Å². The molecule has 0 amide bonds. The minimum absolute atomic E-state index is 0.00854. The summed E-state index contributed by atoms with van der Waals surface area (Å²) in [7, 11) is -7.99. The van der Waals surface area contributed by atoms with Crippen molar-refractivity contribution in [2.45, 2.75) is 19.6 Å². The van der Waals surface area contributed by atoms with Gasteiger partial charge in [-0.25, -0.2) is 9.13 Å². The largest absolute Gasteiger partial charge is 0.527 e. The lowest BCUT2D eigenvalue weighted by atomic mass is 10.0. The van der Waals surface area contributed by atoms with Crippen molar-refractivity contribution in [1.82, 2.24) is 0 Å². The summed E-state index contributed by atoms with van der Waals surface area (Å²) in [6.45, 7) is 0.0171. The van der Waals surface area contributed by atoms with Gasteiger partial charge >= 0.3 is 15.6 Å². The minimum atomic E-state index is -4.00. The molecule has 2 heterocycles. The highest BCUT2D eigenvalue weighted by molar-refractivity contribution is 7.48. The van der Waals surface area contributed by atoms with Crippen LogP contribution in [0.3, 0.4) is 0 Å². The molecule has 10 heteroatoms. The van der Waals surface area contributed by atoms with Crippen LogP contribution in [0.1, 0.15) is 22.3 Å². The Bertz CT molecular complexity index is 866. The van der Waals surface area contributed by atoms with E-state index in [-0.39, 0.29) is 13.2 Å². The average molecular weight is 384 g/mol. The third kappa shape index (κ3) is 3.65. The molecule has 2 aromatic carbocycles. The minimum Gasteiger partial charge on any atom is -0.404 e. The lowest BCUT2D eigenvalue weighted by molar-refractivity contribution is 0.174. The maximum Gasteiger partial charge on any atom is 0.527 e. The Balaban J connectivity index is 1.55. The third-order valence-corrected chi connectivity index (χ3v) is 5.62. The molecule has 0 bridgehead atoms. The summed E-state index contributed by atoms with van der Waals surface area (Å²) < 4.78 is 42.2. The second-order valence-corrected chi connectivity index (χ2v) is 8.48. The monoisotopic (exact) mass is 384 g/mol. The van der Waals surface area contributed by atoms with Gasteiger partial charge in [-0.05, 0) is 41.8 Å². The van der Waals surface area contributed by atoms with E-state index in [1.807, 2.05) is 12.1 Å². The van der Waals surface area contributed by atoms with E-state index in [2.05, 4.69) is 0 Å². The van der Waals surface area contributed by atoms with Crippen molar-refractivity contribution in [2.24, 2.45) is 0 Å². The molecule has 0 aliphatic carbocycles. The fraction of sp³-hybridized carbons (Fsp3) is 0.200. The summed E-state index contributed by atoms with van der Waals surface area (Å²) in [6.07, 6.45) is 0.591. The van der Waals surface area contributed by atoms with Gasteiger partial charge in [0, 0.05) is 11.1 Å². The van der Waals surface area contributed by atoms with Crippen molar-refractivity contribution in [2.75, 3.05) is 0 Å². The predicted octanol–water partition coefficient (Wildman–Crippen LogP) is 3.30. The van der Waals surface area contributed by atoms with Crippen molar-refractivity contribution in [1.29, 1.82) is 0 Å². The van der Waals surface area contributed by atoms with Crippen LogP contribution in [-0.2, 0) is 37.8 Å². The molecule has 2 aliphatic rings. The highest BCUT2D eigenvalue weighted by atomic mass is 31.2. The van der Waals surface area contributed by atoms with Gasteiger partial charge in [-0.15, -0.1) is 0 Å². The van der Waals surface area contributed by atoms with E-state index >= 15 is 0 Å². The van der Waals surface area contributed by atoms with Crippen molar-refractivity contribution in [3.8, 4) is 11.5 Å². The van der Waals surface area contributed by atoms with E-state index in [1.165, 1.54) is 0 Å². The van der Waals surface area contributed by atoms with Gasteiger partial charge < -0.3 is 9.05 Å². The van der Waals surface area contributed by atoms with E-state index in [4.69, 9.17) is 18.1 Å². The van der Waals surface area contributed by atoms with Gasteiger partial charge in [-0.2, -0.15) is 0 Å². The van der Waals surface area contributed by atoms with Crippen molar-refractivity contribution in [3.05, 3.63) is 58.7 Å². The van der Waals surface area contributed by atoms with Gasteiger partial charge in [0.15, 0.2) is 0 Å². The fourth-order valence-corrected chi connectivity index (χ4v) is 4.29. The summed E-state index contributed by atoms with van der Waals surface area (Å²) in [4.78, 5) is 18.6. The average Bonchev–Trinajstić information content (AvgIpc) is 2.54. The standard InChI is InChI=1S/C15H14O8P2/c16-24(17)20-8-12-6-10(1-3-14(12)22-24)5-11-2-4-15-13(7-11)9-21-25(18,19)23-15/h1-4,6-7H,5,8-9H2,(H,16,17)(H,18,19). The van der Waals surface area contributed by atoms with E-state index in [0.717, 1.165) is 11.1 Å². The van der Waals surface area contributed by atoms with Gasteiger partial charge in [0.1, 0.15) is 11.5 Å². The first-order valence-electron chi connectivity index (χ1n) is 7.37. The number of hydrogen-bond acceptors (Lipinski definition) is 6. The van der Waals surface area contributed by atoms with Crippen LogP contribution in [0.5, 0.6) is 11.5 Å². The van der Waals surface area contributed by atoms with Crippen LogP contribution in [0.4, 0.5) is 0 Å². The Kier molecular flexibility index (Phi) is 4.00. The second kappa shape index (κ2) is 5.95. The molecule has 4 rings (SSSR count). The molecular weight excluding hydrogens is 370 g/mol. The van der Waals surface area contributed by atoms with Gasteiger partial charge in [0.05, 0.1) is 13.2 Å². The molecule has 0 radical (unpaired) electrons. The van der Waals surface area contributed by atoms with E-state index in [0.29, 0.717) is 29.0 Å². The Morgan fingerprint density at radius 2 is 1.24 bits per heavy atom. The van der Waals surface area contributed by atoms with Crippen molar-refractivity contribution in [3.63, 3.8) is 0 Å². The van der Waals surface area contributed by atoms with Gasteiger partial charge in [0.2, 0.25) is 0 Å². The molecule has 0 fully saturated rings. The molecule has 8 nitrogen and oxygen atoms in total. The number of phosphoric acid groups is 2. The Morgan fingerprint density at radius 1 is 0.800 bits per heavy atom. The van der Waals surface area contributed by atoms with E-state index in [1.54, 1.807) is 24.3 Å². The maximum atomic E-state index is 11.4. The second-order valence-electron chi connectivity index (χ2n) is 5.73. The first-order valence-corrected chi connectivity index (χ1v) is 10.4. The molecule has 0 saturated heterocycles. The predicted molar refractivity (Wildman–Crippen MR) is 86.2 cm³/mol. The normalized spacial score (nSPS) is 27.6. The van der Waals surface area contributed by atoms with E-state index < -0.39 is 15.6 Å². The van der Waals surface area contributed by atoms with Crippen LogP contribution in [0.2, 0.25) is 0 Å². The lowest BCUT2D eigenvalue weighted by Crippen LogP contribution is -2.08. The molecule has 0 spiro atoms. The van der Waals surface area contributed by atoms with Crippen LogP contribution < -0.4 is 9.05 Å². The number of hydrogen-bond donors (Lipinski definition) is 2. The lowest BCUT2D eigenvalue weighted by Gasteiger charge is -2.22. The van der Waals surface area contributed by atoms with Crippen LogP contribution in [-0.4, -0.2) is 9.79 Å². The zero-order chi connectivity index (χ0) is 17.7. The summed E-state index contributed by atoms with van der Waals surface area (Å²) in [6, 6.07) is 10.6. The van der Waals surface area contributed by atoms with Gasteiger partial charge in [-0.1, -0.05) is 12.1 Å². The zero-order valence-corrected chi connectivity index (χ0v) is 14.6. The Labute approximate surface area is 143 Å². The fourth-order valence-electron chi connectivity index (χ4n) is 2.73. The summed E-state index contributed by atoms with van der Waals surface area (Å²) in [5.41, 5.74) is 3.32. The van der Waals surface area contributed by atoms with Crippen LogP contribution in [0.15, 0.2) is 36.4 Å². The summed E-state index contributed by atoms with van der Waals surface area (Å²) >= 11 is 0. The molecule has 132 valence electrons. The third-order valence-electron chi connectivity index (χ3n) is 3.85. The molecule has 2 unspecified atom stereocenters. The number of phosphoric ester groups is 2. The zero-order valence-electron chi connectivity index (χ0n) is 12.8. The van der Waals surface area contributed by atoms with Gasteiger partial charge in [-0.3, -0.25) is 18.8 Å². The molecule has 25 heavy (non-hydrogen) atoms. The molecule has 2 aliphatic heterocycles. The molecular formula is C15H14O8P2. The molecule has 2 atom stereocenters. The molecule has 2 aromatic rings. The number of fused-ring (bicyclic) bond motifs is 2. The summed E-state index contributed by atoms with van der Waals surface area (Å²) in [5, 5.41) is 0. The molecule has 2 N–H and O–H groups in total. The smallest absolute Gasteiger partial charge is 0.404 e. The quantitative estimate of drug-likeness (QED) is 0.759. The Morgan fingerprint density at radius 3 is 1.68 bits per heavy atom. The molecule has 0 saturated carbocycles. The SMILES string of the molecule is O=P1(O)OCc2cc(Cc3ccc4c(c3)COP(=O)(O)O4)ccc2O1. The highest BCUT2D eigenvalue weighted by Crippen LogP contribution is 2.51. The molecule has 0 aromatic heterocycles.